The summed E-state index contributed by atoms with van der Waals surface area (Å²) in [6, 6.07) is 4.40. The number of hydrogen-bond donors (Lipinski definition) is 2. The second kappa shape index (κ2) is 7.53. The van der Waals surface area contributed by atoms with Gasteiger partial charge in [-0.25, -0.2) is 13.1 Å². The van der Waals surface area contributed by atoms with Gasteiger partial charge in [-0.15, -0.1) is 0 Å². The second-order valence-corrected chi connectivity index (χ2v) is 8.25. The molecule has 1 amide bonds. The molecule has 1 saturated carbocycles. The minimum Gasteiger partial charge on any atom is -0.495 e. The first kappa shape index (κ1) is 18.7. The molecular formula is C17H26N2O4S. The lowest BCUT2D eigenvalue weighted by Crippen LogP contribution is -2.43. The summed E-state index contributed by atoms with van der Waals surface area (Å²) in [6.45, 7) is 5.62. The van der Waals surface area contributed by atoms with E-state index in [9.17, 15) is 13.2 Å². The zero-order valence-corrected chi connectivity index (χ0v) is 15.4. The standard InChI is InChI=1S/C17H26N2O4S/c1-11-6-5-7-15(12(11)2)19-24(21,22)14-8-9-17(23-4)16(10-14)18-13(3)20/h8-12,15,19H,5-7H2,1-4H3,(H,18,20)/t11-,12+,15-/m0/s1. The van der Waals surface area contributed by atoms with E-state index in [4.69, 9.17) is 4.74 Å². The maximum absolute atomic E-state index is 12.7. The van der Waals surface area contributed by atoms with Gasteiger partial charge in [-0.3, -0.25) is 4.79 Å². The zero-order chi connectivity index (χ0) is 17.9. The largest absolute Gasteiger partial charge is 0.495 e. The Balaban J connectivity index is 2.27. The number of carbonyl (C=O) groups is 1. The van der Waals surface area contributed by atoms with Gasteiger partial charge in [0.05, 0.1) is 17.7 Å². The van der Waals surface area contributed by atoms with Crippen molar-refractivity contribution in [2.24, 2.45) is 11.8 Å². The highest BCUT2D eigenvalue weighted by molar-refractivity contribution is 7.89. The van der Waals surface area contributed by atoms with Crippen LogP contribution in [0, 0.1) is 11.8 Å². The fourth-order valence-corrected chi connectivity index (χ4v) is 4.54. The third-order valence-corrected chi connectivity index (χ3v) is 6.29. The molecule has 2 rings (SSSR count). The van der Waals surface area contributed by atoms with Crippen molar-refractivity contribution in [1.82, 2.24) is 4.72 Å². The summed E-state index contributed by atoms with van der Waals surface area (Å²) in [6.07, 6.45) is 3.01. The van der Waals surface area contributed by atoms with Gasteiger partial charge >= 0.3 is 0 Å². The van der Waals surface area contributed by atoms with Crippen molar-refractivity contribution in [2.75, 3.05) is 12.4 Å². The van der Waals surface area contributed by atoms with Crippen molar-refractivity contribution in [1.29, 1.82) is 0 Å². The maximum Gasteiger partial charge on any atom is 0.240 e. The lowest BCUT2D eigenvalue weighted by molar-refractivity contribution is -0.114. The molecule has 1 aromatic carbocycles. The van der Waals surface area contributed by atoms with Crippen LogP contribution < -0.4 is 14.8 Å². The van der Waals surface area contributed by atoms with E-state index in [1.807, 2.05) is 0 Å². The quantitative estimate of drug-likeness (QED) is 0.851. The van der Waals surface area contributed by atoms with Crippen molar-refractivity contribution >= 4 is 21.6 Å². The Morgan fingerprint density at radius 3 is 2.58 bits per heavy atom. The molecule has 0 spiro atoms. The van der Waals surface area contributed by atoms with Gasteiger partial charge in [0.15, 0.2) is 0 Å². The van der Waals surface area contributed by atoms with Gasteiger partial charge in [-0.2, -0.15) is 0 Å². The van der Waals surface area contributed by atoms with Gasteiger partial charge < -0.3 is 10.1 Å². The fourth-order valence-electron chi connectivity index (χ4n) is 3.16. The van der Waals surface area contributed by atoms with Crippen LogP contribution in [0.4, 0.5) is 5.69 Å². The number of methoxy groups -OCH3 is 1. The number of sulfonamides is 1. The first-order valence-corrected chi connectivity index (χ1v) is 9.71. The maximum atomic E-state index is 12.7. The normalized spacial score (nSPS) is 24.4. The Hall–Kier alpha value is -1.60. The molecule has 0 unspecified atom stereocenters. The van der Waals surface area contributed by atoms with Gasteiger partial charge in [-0.1, -0.05) is 26.7 Å². The van der Waals surface area contributed by atoms with Crippen molar-refractivity contribution < 1.29 is 17.9 Å². The summed E-state index contributed by atoms with van der Waals surface area (Å²) in [5.41, 5.74) is 0.345. The Labute approximate surface area is 144 Å². The third-order valence-electron chi connectivity index (χ3n) is 4.81. The Morgan fingerprint density at radius 2 is 1.96 bits per heavy atom. The summed E-state index contributed by atoms with van der Waals surface area (Å²) >= 11 is 0. The Bertz CT molecular complexity index is 703. The summed E-state index contributed by atoms with van der Waals surface area (Å²) < 4.78 is 33.4. The molecule has 3 atom stereocenters. The minimum atomic E-state index is -3.66. The predicted octanol–water partition coefficient (Wildman–Crippen LogP) is 2.76. The summed E-state index contributed by atoms with van der Waals surface area (Å²) in [4.78, 5) is 11.4. The van der Waals surface area contributed by atoms with Gasteiger partial charge in [0.25, 0.3) is 0 Å². The molecule has 134 valence electrons. The van der Waals surface area contributed by atoms with E-state index in [2.05, 4.69) is 23.9 Å². The number of carbonyl (C=O) groups excluding carboxylic acids is 1. The molecule has 1 aliphatic rings. The van der Waals surface area contributed by atoms with Crippen molar-refractivity contribution in [3.05, 3.63) is 18.2 Å². The van der Waals surface area contributed by atoms with Crippen LogP contribution in [0.1, 0.15) is 40.0 Å². The molecule has 2 N–H and O–H groups in total. The molecule has 0 bridgehead atoms. The van der Waals surface area contributed by atoms with E-state index in [0.717, 1.165) is 19.3 Å². The SMILES string of the molecule is COc1ccc(S(=O)(=O)N[C@H]2CCC[C@H](C)[C@H]2C)cc1NC(C)=O. The van der Waals surface area contributed by atoms with Crippen LogP contribution in [-0.2, 0) is 14.8 Å². The number of rotatable bonds is 5. The molecule has 1 aromatic rings. The van der Waals surface area contributed by atoms with Crippen LogP contribution in [-0.4, -0.2) is 27.5 Å². The van der Waals surface area contributed by atoms with E-state index >= 15 is 0 Å². The lowest BCUT2D eigenvalue weighted by atomic mass is 9.78. The fraction of sp³-hybridized carbons (Fsp3) is 0.588. The van der Waals surface area contributed by atoms with Crippen LogP contribution in [0.15, 0.2) is 23.1 Å². The van der Waals surface area contributed by atoms with Gasteiger partial charge in [0.1, 0.15) is 5.75 Å². The van der Waals surface area contributed by atoms with Gasteiger partial charge in [0, 0.05) is 13.0 Å². The monoisotopic (exact) mass is 354 g/mol. The number of nitrogens with one attached hydrogen (secondary N) is 2. The molecule has 1 aliphatic carbocycles. The molecule has 0 aliphatic heterocycles. The molecular weight excluding hydrogens is 328 g/mol. The molecule has 24 heavy (non-hydrogen) atoms. The van der Waals surface area contributed by atoms with Crippen LogP contribution in [0.3, 0.4) is 0 Å². The minimum absolute atomic E-state index is 0.0648. The van der Waals surface area contributed by atoms with Crippen LogP contribution in [0.2, 0.25) is 0 Å². The summed E-state index contributed by atoms with van der Waals surface area (Å²) in [7, 11) is -2.19. The molecule has 1 fully saturated rings. The average Bonchev–Trinajstić information content (AvgIpc) is 2.51. The number of amides is 1. The highest BCUT2D eigenvalue weighted by Gasteiger charge is 2.31. The molecule has 0 heterocycles. The topological polar surface area (TPSA) is 84.5 Å². The summed E-state index contributed by atoms with van der Waals surface area (Å²) in [5.74, 6) is 0.924. The number of ether oxygens (including phenoxy) is 1. The third kappa shape index (κ3) is 4.27. The van der Waals surface area contributed by atoms with Crippen LogP contribution in [0.25, 0.3) is 0 Å². The van der Waals surface area contributed by atoms with Gasteiger partial charge in [-0.05, 0) is 36.5 Å². The Kier molecular flexibility index (Phi) is 5.87. The molecule has 0 saturated heterocycles. The molecule has 0 radical (unpaired) electrons. The lowest BCUT2D eigenvalue weighted by Gasteiger charge is -2.34. The van der Waals surface area contributed by atoms with Crippen molar-refractivity contribution in [3.8, 4) is 5.75 Å². The van der Waals surface area contributed by atoms with Crippen molar-refractivity contribution in [2.45, 2.75) is 51.0 Å². The van der Waals surface area contributed by atoms with Gasteiger partial charge in [0.2, 0.25) is 15.9 Å². The van der Waals surface area contributed by atoms with E-state index in [-0.39, 0.29) is 16.8 Å². The van der Waals surface area contributed by atoms with E-state index in [0.29, 0.717) is 23.3 Å². The number of benzene rings is 1. The highest BCUT2D eigenvalue weighted by Crippen LogP contribution is 2.32. The van der Waals surface area contributed by atoms with E-state index in [1.165, 1.54) is 26.2 Å². The van der Waals surface area contributed by atoms with Crippen molar-refractivity contribution in [3.63, 3.8) is 0 Å². The smallest absolute Gasteiger partial charge is 0.240 e. The first-order valence-electron chi connectivity index (χ1n) is 8.22. The highest BCUT2D eigenvalue weighted by atomic mass is 32.2. The first-order chi connectivity index (χ1) is 11.2. The molecule has 7 heteroatoms. The Morgan fingerprint density at radius 1 is 1.25 bits per heavy atom. The zero-order valence-electron chi connectivity index (χ0n) is 14.6. The second-order valence-electron chi connectivity index (χ2n) is 6.54. The number of anilines is 1. The molecule has 0 aromatic heterocycles. The number of hydrogen-bond acceptors (Lipinski definition) is 4. The summed E-state index contributed by atoms with van der Waals surface area (Å²) in [5, 5.41) is 2.60. The van der Waals surface area contributed by atoms with E-state index in [1.54, 1.807) is 6.07 Å². The predicted molar refractivity (Wildman–Crippen MR) is 93.6 cm³/mol. The average molecular weight is 354 g/mol. The van der Waals surface area contributed by atoms with Crippen LogP contribution >= 0.6 is 0 Å². The van der Waals surface area contributed by atoms with E-state index < -0.39 is 10.0 Å². The molecule has 6 nitrogen and oxygen atoms in total. The van der Waals surface area contributed by atoms with Crippen LogP contribution in [0.5, 0.6) is 5.75 Å².